The molecule has 0 bridgehead atoms. The number of carboxylic acid groups (broad SMARTS) is 1. The van der Waals surface area contributed by atoms with Gasteiger partial charge in [0.25, 0.3) is 0 Å². The number of rotatable bonds is 6. The van der Waals surface area contributed by atoms with Crippen molar-refractivity contribution >= 4 is 21.9 Å². The third kappa shape index (κ3) is 4.21. The molecule has 0 spiro atoms. The predicted molar refractivity (Wildman–Crippen MR) is 86.9 cm³/mol. The number of aryl methyl sites for hydroxylation is 1. The van der Waals surface area contributed by atoms with Crippen LogP contribution in [0.5, 0.6) is 0 Å². The second kappa shape index (κ2) is 7.29. The highest BCUT2D eigenvalue weighted by atomic mass is 32.2. The van der Waals surface area contributed by atoms with Crippen LogP contribution < -0.4 is 4.72 Å². The van der Waals surface area contributed by atoms with E-state index in [4.69, 9.17) is 9.84 Å². The molecule has 0 aliphatic carbocycles. The van der Waals surface area contributed by atoms with Crippen molar-refractivity contribution in [3.8, 4) is 0 Å². The lowest BCUT2D eigenvalue weighted by Crippen LogP contribution is -2.43. The molecule has 1 heterocycles. The van der Waals surface area contributed by atoms with Crippen LogP contribution >= 0.6 is 0 Å². The summed E-state index contributed by atoms with van der Waals surface area (Å²) in [6, 6.07) is 4.47. The van der Waals surface area contributed by atoms with Gasteiger partial charge in [-0.2, -0.15) is 12.7 Å². The molecule has 0 unspecified atom stereocenters. The van der Waals surface area contributed by atoms with Crippen molar-refractivity contribution < 1.29 is 23.1 Å². The Morgan fingerprint density at radius 1 is 1.39 bits per heavy atom. The van der Waals surface area contributed by atoms with Crippen LogP contribution in [-0.2, 0) is 21.4 Å². The third-order valence-corrected chi connectivity index (χ3v) is 5.57. The molecule has 0 amide bonds. The van der Waals surface area contributed by atoms with Crippen LogP contribution in [0.3, 0.4) is 0 Å². The fourth-order valence-electron chi connectivity index (χ4n) is 2.62. The second-order valence-electron chi connectivity index (χ2n) is 5.47. The topological polar surface area (TPSA) is 95.9 Å². The number of benzene rings is 1. The number of piperidine rings is 1. The number of carbonyl (C=O) groups is 1. The molecule has 1 aromatic carbocycles. The third-order valence-electron chi connectivity index (χ3n) is 4.05. The first-order chi connectivity index (χ1) is 10.9. The first kappa shape index (κ1) is 17.7. The number of nitrogens with zero attached hydrogens (tertiary/aromatic N) is 1. The maximum Gasteiger partial charge on any atom is 0.335 e. The summed E-state index contributed by atoms with van der Waals surface area (Å²) >= 11 is 0. The van der Waals surface area contributed by atoms with E-state index in [2.05, 4.69) is 4.72 Å². The normalized spacial score (nSPS) is 17.1. The van der Waals surface area contributed by atoms with Gasteiger partial charge in [0.1, 0.15) is 0 Å². The Kier molecular flexibility index (Phi) is 5.61. The largest absolute Gasteiger partial charge is 0.478 e. The van der Waals surface area contributed by atoms with Crippen molar-refractivity contribution in [2.75, 3.05) is 24.9 Å². The number of aromatic carboxylic acids is 1. The first-order valence-electron chi connectivity index (χ1n) is 7.54. The number of nitrogens with one attached hydrogen (secondary N) is 1. The summed E-state index contributed by atoms with van der Waals surface area (Å²) in [5.41, 5.74) is 1.13. The molecule has 0 radical (unpaired) electrons. The van der Waals surface area contributed by atoms with Gasteiger partial charge in [0, 0.05) is 20.2 Å². The van der Waals surface area contributed by atoms with E-state index in [0.717, 1.165) is 5.56 Å². The molecular formula is C15H22N2O5S. The highest BCUT2D eigenvalue weighted by Gasteiger charge is 2.28. The van der Waals surface area contributed by atoms with E-state index in [-0.39, 0.29) is 11.7 Å². The van der Waals surface area contributed by atoms with Crippen molar-refractivity contribution in [1.29, 1.82) is 0 Å². The molecule has 128 valence electrons. The molecule has 2 N–H and O–H groups in total. The minimum Gasteiger partial charge on any atom is -0.478 e. The van der Waals surface area contributed by atoms with Crippen LogP contribution in [0.25, 0.3) is 0 Å². The summed E-state index contributed by atoms with van der Waals surface area (Å²) in [4.78, 5) is 11.1. The van der Waals surface area contributed by atoms with Crippen molar-refractivity contribution in [3.63, 3.8) is 0 Å². The molecule has 2 rings (SSSR count). The lowest BCUT2D eigenvalue weighted by molar-refractivity contribution is 0.0605. The molecule has 0 atom stereocenters. The number of hydrogen-bond donors (Lipinski definition) is 2. The van der Waals surface area contributed by atoms with E-state index < -0.39 is 16.2 Å². The molecule has 1 aromatic rings. The lowest BCUT2D eigenvalue weighted by atomic mass is 10.1. The quantitative estimate of drug-likeness (QED) is 0.820. The molecule has 1 aliphatic heterocycles. The van der Waals surface area contributed by atoms with Crippen LogP contribution in [0, 0.1) is 0 Å². The Bertz CT molecular complexity index is 666. The summed E-state index contributed by atoms with van der Waals surface area (Å²) in [7, 11) is -2.09. The standard InChI is InChI=1S/C15H22N2O5S/c1-3-11-4-5-12(15(18)19)10-14(11)16-23(20,21)17-8-6-13(22-2)7-9-17/h4-5,10,13,16H,3,6-9H2,1-2H3,(H,18,19). The van der Waals surface area contributed by atoms with Crippen molar-refractivity contribution in [3.05, 3.63) is 29.3 Å². The number of methoxy groups -OCH3 is 1. The van der Waals surface area contributed by atoms with Gasteiger partial charge in [-0.15, -0.1) is 0 Å². The SMILES string of the molecule is CCc1ccc(C(=O)O)cc1NS(=O)(=O)N1CCC(OC)CC1. The summed E-state index contributed by atoms with van der Waals surface area (Å²) in [6.45, 7) is 2.65. The van der Waals surface area contributed by atoms with Gasteiger partial charge in [-0.1, -0.05) is 13.0 Å². The smallest absolute Gasteiger partial charge is 0.335 e. The monoisotopic (exact) mass is 342 g/mol. The van der Waals surface area contributed by atoms with Crippen LogP contribution in [0.1, 0.15) is 35.7 Å². The zero-order valence-corrected chi connectivity index (χ0v) is 14.1. The van der Waals surface area contributed by atoms with Gasteiger partial charge in [-0.25, -0.2) is 4.79 Å². The van der Waals surface area contributed by atoms with E-state index in [1.54, 1.807) is 13.2 Å². The molecule has 1 saturated heterocycles. The predicted octanol–water partition coefficient (Wildman–Crippen LogP) is 1.71. The number of carboxylic acids is 1. The highest BCUT2D eigenvalue weighted by Crippen LogP contribution is 2.23. The van der Waals surface area contributed by atoms with Gasteiger partial charge in [0.2, 0.25) is 0 Å². The molecule has 8 heteroatoms. The Hall–Kier alpha value is -1.64. The second-order valence-corrected chi connectivity index (χ2v) is 7.14. The first-order valence-corrected chi connectivity index (χ1v) is 8.98. The Morgan fingerprint density at radius 2 is 2.04 bits per heavy atom. The summed E-state index contributed by atoms with van der Waals surface area (Å²) in [6.07, 6.45) is 1.98. The average molecular weight is 342 g/mol. The van der Waals surface area contributed by atoms with Crippen LogP contribution in [0.15, 0.2) is 18.2 Å². The van der Waals surface area contributed by atoms with Gasteiger partial charge >= 0.3 is 16.2 Å². The maximum atomic E-state index is 12.5. The number of hydrogen-bond acceptors (Lipinski definition) is 4. The van der Waals surface area contributed by atoms with Gasteiger partial charge < -0.3 is 9.84 Å². The van der Waals surface area contributed by atoms with Gasteiger partial charge in [0.15, 0.2) is 0 Å². The average Bonchev–Trinajstić information content (AvgIpc) is 2.54. The fourth-order valence-corrected chi connectivity index (χ4v) is 3.91. The minimum atomic E-state index is -3.71. The molecule has 1 aliphatic rings. The van der Waals surface area contributed by atoms with Crippen LogP contribution in [0.2, 0.25) is 0 Å². The van der Waals surface area contributed by atoms with E-state index in [1.165, 1.54) is 16.4 Å². The van der Waals surface area contributed by atoms with Crippen molar-refractivity contribution in [1.82, 2.24) is 4.31 Å². The molecule has 23 heavy (non-hydrogen) atoms. The molecule has 0 saturated carbocycles. The minimum absolute atomic E-state index is 0.0537. The van der Waals surface area contributed by atoms with Gasteiger partial charge in [-0.05, 0) is 37.0 Å². The summed E-state index contributed by atoms with van der Waals surface area (Å²) < 4.78 is 34.2. The highest BCUT2D eigenvalue weighted by molar-refractivity contribution is 7.90. The van der Waals surface area contributed by atoms with Gasteiger partial charge in [-0.3, -0.25) is 4.72 Å². The molecular weight excluding hydrogens is 320 g/mol. The van der Waals surface area contributed by atoms with Crippen LogP contribution in [0.4, 0.5) is 5.69 Å². The zero-order chi connectivity index (χ0) is 17.0. The maximum absolute atomic E-state index is 12.5. The van der Waals surface area contributed by atoms with Crippen LogP contribution in [-0.4, -0.2) is 50.1 Å². The van der Waals surface area contributed by atoms with Crippen molar-refractivity contribution in [2.45, 2.75) is 32.3 Å². The van der Waals surface area contributed by atoms with E-state index in [0.29, 0.717) is 38.0 Å². The fraction of sp³-hybridized carbons (Fsp3) is 0.533. The van der Waals surface area contributed by atoms with E-state index >= 15 is 0 Å². The van der Waals surface area contributed by atoms with Crippen molar-refractivity contribution in [2.24, 2.45) is 0 Å². The molecule has 7 nitrogen and oxygen atoms in total. The van der Waals surface area contributed by atoms with E-state index in [1.807, 2.05) is 6.92 Å². The Balaban J connectivity index is 2.20. The lowest BCUT2D eigenvalue weighted by Gasteiger charge is -2.30. The Morgan fingerprint density at radius 3 is 2.57 bits per heavy atom. The van der Waals surface area contributed by atoms with Gasteiger partial charge in [0.05, 0.1) is 17.4 Å². The number of anilines is 1. The Labute approximate surface area is 136 Å². The van der Waals surface area contributed by atoms with E-state index in [9.17, 15) is 13.2 Å². The zero-order valence-electron chi connectivity index (χ0n) is 13.3. The molecule has 1 fully saturated rings. The number of ether oxygens (including phenoxy) is 1. The summed E-state index contributed by atoms with van der Waals surface area (Å²) in [5.74, 6) is -1.09. The molecule has 0 aromatic heterocycles. The summed E-state index contributed by atoms with van der Waals surface area (Å²) in [5, 5.41) is 9.07.